The van der Waals surface area contributed by atoms with Gasteiger partial charge in [-0.1, -0.05) is 31.2 Å². The normalized spacial score (nSPS) is 11.3. The Balaban J connectivity index is 2.05. The molecular weight excluding hydrogens is 282 g/mol. The molecule has 0 aliphatic carbocycles. The molecule has 21 heavy (non-hydrogen) atoms. The maximum Gasteiger partial charge on any atom is 0.178 e. The Morgan fingerprint density at radius 3 is 2.29 bits per heavy atom. The lowest BCUT2D eigenvalue weighted by Crippen LogP contribution is -2.06. The van der Waals surface area contributed by atoms with Gasteiger partial charge in [-0.3, -0.25) is 0 Å². The first-order valence-electron chi connectivity index (χ1n) is 7.14. The molecule has 0 unspecified atom stereocenters. The zero-order valence-corrected chi connectivity index (χ0v) is 13.3. The van der Waals surface area contributed by atoms with Crippen LogP contribution in [0.3, 0.4) is 0 Å². The van der Waals surface area contributed by atoms with E-state index in [1.165, 1.54) is 11.1 Å². The Hall–Kier alpha value is -1.81. The van der Waals surface area contributed by atoms with Crippen LogP contribution < -0.4 is 5.32 Å². The number of hydrogen-bond acceptors (Lipinski definition) is 3. The molecule has 0 amide bonds. The lowest BCUT2D eigenvalue weighted by atomic mass is 10.1. The van der Waals surface area contributed by atoms with Crippen LogP contribution in [0.1, 0.15) is 24.5 Å². The van der Waals surface area contributed by atoms with E-state index in [2.05, 4.69) is 24.4 Å². The molecule has 2 aromatic rings. The van der Waals surface area contributed by atoms with E-state index in [1.807, 2.05) is 31.2 Å². The fourth-order valence-corrected chi connectivity index (χ4v) is 3.50. The number of aryl methyl sites for hydroxylation is 1. The Bertz CT molecular complexity index is 691. The Morgan fingerprint density at radius 1 is 1.00 bits per heavy atom. The van der Waals surface area contributed by atoms with Crippen molar-refractivity contribution in [3.05, 3.63) is 59.7 Å². The van der Waals surface area contributed by atoms with E-state index in [1.54, 1.807) is 12.1 Å². The Morgan fingerprint density at radius 2 is 1.67 bits per heavy atom. The van der Waals surface area contributed by atoms with Crippen molar-refractivity contribution in [2.24, 2.45) is 0 Å². The second-order valence-electron chi connectivity index (χ2n) is 5.12. The summed E-state index contributed by atoms with van der Waals surface area (Å²) in [7, 11) is -3.13. The van der Waals surface area contributed by atoms with Gasteiger partial charge in [0.2, 0.25) is 0 Å². The SMILES string of the molecule is CCCS(=O)(=O)c1ccc(NCc2ccccc2C)cc1. The molecule has 4 heteroatoms. The van der Waals surface area contributed by atoms with E-state index in [4.69, 9.17) is 0 Å². The molecular formula is C17H21NO2S. The van der Waals surface area contributed by atoms with Crippen LogP contribution in [0.5, 0.6) is 0 Å². The predicted octanol–water partition coefficient (Wildman–Crippen LogP) is 3.79. The number of benzene rings is 2. The van der Waals surface area contributed by atoms with Crippen LogP contribution in [-0.4, -0.2) is 14.2 Å². The average Bonchev–Trinajstić information content (AvgIpc) is 2.47. The number of sulfone groups is 1. The van der Waals surface area contributed by atoms with Crippen molar-refractivity contribution in [2.75, 3.05) is 11.1 Å². The molecule has 0 spiro atoms. The largest absolute Gasteiger partial charge is 0.381 e. The van der Waals surface area contributed by atoms with Crippen LogP contribution in [-0.2, 0) is 16.4 Å². The van der Waals surface area contributed by atoms with Crippen molar-refractivity contribution in [1.29, 1.82) is 0 Å². The van der Waals surface area contributed by atoms with Crippen molar-refractivity contribution >= 4 is 15.5 Å². The maximum atomic E-state index is 11.9. The summed E-state index contributed by atoms with van der Waals surface area (Å²) in [4.78, 5) is 0.394. The summed E-state index contributed by atoms with van der Waals surface area (Å²) in [6.07, 6.45) is 0.635. The minimum absolute atomic E-state index is 0.197. The molecule has 0 fully saturated rings. The number of rotatable bonds is 6. The number of nitrogens with one attached hydrogen (secondary N) is 1. The third kappa shape index (κ3) is 4.08. The predicted molar refractivity (Wildman–Crippen MR) is 87.3 cm³/mol. The van der Waals surface area contributed by atoms with Crippen molar-refractivity contribution < 1.29 is 8.42 Å². The second-order valence-corrected chi connectivity index (χ2v) is 7.23. The van der Waals surface area contributed by atoms with Gasteiger partial charge in [-0.2, -0.15) is 0 Å². The zero-order valence-electron chi connectivity index (χ0n) is 12.5. The quantitative estimate of drug-likeness (QED) is 0.883. The fourth-order valence-electron chi connectivity index (χ4n) is 2.17. The van der Waals surface area contributed by atoms with E-state index in [9.17, 15) is 8.42 Å². The van der Waals surface area contributed by atoms with Gasteiger partial charge in [-0.15, -0.1) is 0 Å². The van der Waals surface area contributed by atoms with Crippen LogP contribution in [0.4, 0.5) is 5.69 Å². The van der Waals surface area contributed by atoms with E-state index in [0.29, 0.717) is 11.3 Å². The molecule has 2 rings (SSSR count). The standard InChI is InChI=1S/C17H21NO2S/c1-3-12-21(19,20)17-10-8-16(9-11-17)18-13-15-7-5-4-6-14(15)2/h4-11,18H,3,12-13H2,1-2H3. The van der Waals surface area contributed by atoms with E-state index in [-0.39, 0.29) is 5.75 Å². The molecule has 0 radical (unpaired) electrons. The smallest absolute Gasteiger partial charge is 0.178 e. The Labute approximate surface area is 126 Å². The zero-order chi connectivity index (χ0) is 15.3. The van der Waals surface area contributed by atoms with E-state index >= 15 is 0 Å². The van der Waals surface area contributed by atoms with Gasteiger partial charge in [-0.25, -0.2) is 8.42 Å². The summed E-state index contributed by atoms with van der Waals surface area (Å²) < 4.78 is 23.9. The summed E-state index contributed by atoms with van der Waals surface area (Å²) in [5.41, 5.74) is 3.40. The van der Waals surface area contributed by atoms with Crippen molar-refractivity contribution in [3.63, 3.8) is 0 Å². The molecule has 0 aliphatic rings. The van der Waals surface area contributed by atoms with E-state index < -0.39 is 9.84 Å². The van der Waals surface area contributed by atoms with Crippen LogP contribution in [0.2, 0.25) is 0 Å². The van der Waals surface area contributed by atoms with Gasteiger partial charge in [0.1, 0.15) is 0 Å². The molecule has 0 heterocycles. The van der Waals surface area contributed by atoms with Gasteiger partial charge >= 0.3 is 0 Å². The summed E-state index contributed by atoms with van der Waals surface area (Å²) in [6, 6.07) is 15.2. The minimum atomic E-state index is -3.13. The summed E-state index contributed by atoms with van der Waals surface area (Å²) in [6.45, 7) is 4.68. The fraction of sp³-hybridized carbons (Fsp3) is 0.294. The first-order chi connectivity index (χ1) is 10.0. The first kappa shape index (κ1) is 15.6. The van der Waals surface area contributed by atoms with Gasteiger partial charge in [0.25, 0.3) is 0 Å². The van der Waals surface area contributed by atoms with Gasteiger partial charge < -0.3 is 5.32 Å². The summed E-state index contributed by atoms with van der Waals surface area (Å²) in [5.74, 6) is 0.197. The highest BCUT2D eigenvalue weighted by Crippen LogP contribution is 2.17. The van der Waals surface area contributed by atoms with Crippen LogP contribution >= 0.6 is 0 Å². The second kappa shape index (κ2) is 6.76. The molecule has 0 atom stereocenters. The monoisotopic (exact) mass is 303 g/mol. The van der Waals surface area contributed by atoms with Crippen LogP contribution in [0.15, 0.2) is 53.4 Å². The third-order valence-corrected chi connectivity index (χ3v) is 5.37. The molecule has 0 aromatic heterocycles. The van der Waals surface area contributed by atoms with E-state index in [0.717, 1.165) is 12.2 Å². The summed E-state index contributed by atoms with van der Waals surface area (Å²) >= 11 is 0. The topological polar surface area (TPSA) is 46.2 Å². The van der Waals surface area contributed by atoms with Crippen LogP contribution in [0, 0.1) is 6.92 Å². The molecule has 0 bridgehead atoms. The van der Waals surface area contributed by atoms with Crippen molar-refractivity contribution in [2.45, 2.75) is 31.7 Å². The highest BCUT2D eigenvalue weighted by molar-refractivity contribution is 7.91. The molecule has 0 saturated heterocycles. The number of hydrogen-bond donors (Lipinski definition) is 1. The van der Waals surface area contributed by atoms with Crippen molar-refractivity contribution in [1.82, 2.24) is 0 Å². The molecule has 1 N–H and O–H groups in total. The third-order valence-electron chi connectivity index (χ3n) is 3.43. The Kier molecular flexibility index (Phi) is 5.02. The average molecular weight is 303 g/mol. The lowest BCUT2D eigenvalue weighted by Gasteiger charge is -2.10. The van der Waals surface area contributed by atoms with Crippen LogP contribution in [0.25, 0.3) is 0 Å². The number of anilines is 1. The van der Waals surface area contributed by atoms with Gasteiger partial charge in [0.15, 0.2) is 9.84 Å². The molecule has 0 aliphatic heterocycles. The molecule has 3 nitrogen and oxygen atoms in total. The van der Waals surface area contributed by atoms with Crippen molar-refractivity contribution in [3.8, 4) is 0 Å². The summed E-state index contributed by atoms with van der Waals surface area (Å²) in [5, 5.41) is 3.32. The highest BCUT2D eigenvalue weighted by atomic mass is 32.2. The first-order valence-corrected chi connectivity index (χ1v) is 8.79. The van der Waals surface area contributed by atoms with Gasteiger partial charge in [0.05, 0.1) is 10.6 Å². The maximum absolute atomic E-state index is 11.9. The molecule has 0 saturated carbocycles. The van der Waals surface area contributed by atoms with Gasteiger partial charge in [-0.05, 0) is 48.7 Å². The van der Waals surface area contributed by atoms with Gasteiger partial charge in [0, 0.05) is 12.2 Å². The lowest BCUT2D eigenvalue weighted by molar-refractivity contribution is 0.595. The minimum Gasteiger partial charge on any atom is -0.381 e. The molecule has 2 aromatic carbocycles. The molecule has 112 valence electrons. The highest BCUT2D eigenvalue weighted by Gasteiger charge is 2.12.